The third-order valence-electron chi connectivity index (χ3n) is 2.73. The maximum Gasteiger partial charge on any atom is 0.248 e. The molecule has 0 unspecified atom stereocenters. The lowest BCUT2D eigenvalue weighted by molar-refractivity contribution is -0.111. The number of anilines is 1. The van der Waals surface area contributed by atoms with Crippen LogP contribution in [0, 0.1) is 11.3 Å². The fourth-order valence-electron chi connectivity index (χ4n) is 1.70. The topological polar surface area (TPSA) is 62.1 Å². The Balaban J connectivity index is 1.90. The molecule has 0 radical (unpaired) electrons. The molecule has 0 atom stereocenters. The van der Waals surface area contributed by atoms with Gasteiger partial charge >= 0.3 is 0 Å². The van der Waals surface area contributed by atoms with E-state index in [9.17, 15) is 4.79 Å². The van der Waals surface area contributed by atoms with Crippen LogP contribution in [0.1, 0.15) is 23.1 Å². The number of nitrogens with one attached hydrogen (secondary N) is 1. The second-order valence-corrected chi connectivity index (χ2v) is 5.62. The molecule has 2 rings (SSSR count). The van der Waals surface area contributed by atoms with Crippen molar-refractivity contribution in [3.05, 3.63) is 52.2 Å². The molecule has 1 amide bonds. The highest BCUT2D eigenvalue weighted by molar-refractivity contribution is 7.13. The number of rotatable bonds is 6. The molecule has 1 N–H and O–H groups in total. The van der Waals surface area contributed by atoms with Crippen LogP contribution in [0.5, 0.6) is 5.75 Å². The lowest BCUT2D eigenvalue weighted by Gasteiger charge is -2.06. The van der Waals surface area contributed by atoms with Crippen molar-refractivity contribution in [1.82, 2.24) is 0 Å². The SMILES string of the molecule is CCCOc1ccc(NC(=O)/C=C/c2ccc(C#N)s2)cc1. The largest absolute Gasteiger partial charge is 0.494 e. The summed E-state index contributed by atoms with van der Waals surface area (Å²) in [6, 6.07) is 12.9. The predicted molar refractivity (Wildman–Crippen MR) is 88.9 cm³/mol. The van der Waals surface area contributed by atoms with Crippen LogP contribution in [-0.2, 0) is 4.79 Å². The summed E-state index contributed by atoms with van der Waals surface area (Å²) in [6.07, 6.45) is 4.10. The Morgan fingerprint density at radius 3 is 2.73 bits per heavy atom. The van der Waals surface area contributed by atoms with Crippen LogP contribution in [-0.4, -0.2) is 12.5 Å². The Bertz CT molecular complexity index is 696. The zero-order chi connectivity index (χ0) is 15.8. The predicted octanol–water partition coefficient (Wildman–Crippen LogP) is 4.06. The third-order valence-corrected chi connectivity index (χ3v) is 3.69. The van der Waals surface area contributed by atoms with Crippen LogP contribution in [0.4, 0.5) is 5.69 Å². The van der Waals surface area contributed by atoms with Crippen LogP contribution in [0.2, 0.25) is 0 Å². The highest BCUT2D eigenvalue weighted by Gasteiger charge is 2.00. The van der Waals surface area contributed by atoms with Gasteiger partial charge in [-0.15, -0.1) is 11.3 Å². The third kappa shape index (κ3) is 4.76. The van der Waals surface area contributed by atoms with Gasteiger partial charge in [-0.1, -0.05) is 6.92 Å². The smallest absolute Gasteiger partial charge is 0.248 e. The van der Waals surface area contributed by atoms with Gasteiger partial charge in [0.25, 0.3) is 0 Å². The molecule has 112 valence electrons. The summed E-state index contributed by atoms with van der Waals surface area (Å²) in [4.78, 5) is 13.3. The Morgan fingerprint density at radius 2 is 2.09 bits per heavy atom. The number of benzene rings is 1. The lowest BCUT2D eigenvalue weighted by Crippen LogP contribution is -2.07. The molecule has 0 spiro atoms. The van der Waals surface area contributed by atoms with E-state index in [2.05, 4.69) is 11.4 Å². The molecule has 0 saturated heterocycles. The van der Waals surface area contributed by atoms with Crippen molar-refractivity contribution < 1.29 is 9.53 Å². The molecular formula is C17H16N2O2S. The van der Waals surface area contributed by atoms with Crippen molar-refractivity contribution in [3.8, 4) is 11.8 Å². The summed E-state index contributed by atoms with van der Waals surface area (Å²) in [5, 5.41) is 11.5. The van der Waals surface area contributed by atoms with E-state index in [-0.39, 0.29) is 5.91 Å². The van der Waals surface area contributed by atoms with Gasteiger partial charge in [-0.25, -0.2) is 0 Å². The van der Waals surface area contributed by atoms with E-state index in [0.717, 1.165) is 17.0 Å². The van der Waals surface area contributed by atoms with Gasteiger partial charge < -0.3 is 10.1 Å². The number of nitrogens with zero attached hydrogens (tertiary/aromatic N) is 1. The van der Waals surface area contributed by atoms with Crippen molar-refractivity contribution in [2.45, 2.75) is 13.3 Å². The van der Waals surface area contributed by atoms with E-state index in [0.29, 0.717) is 17.2 Å². The number of hydrogen-bond acceptors (Lipinski definition) is 4. The standard InChI is InChI=1S/C17H16N2O2S/c1-2-11-21-14-5-3-13(4-6-14)19-17(20)10-9-15-7-8-16(12-18)22-15/h3-10H,2,11H2,1H3,(H,19,20)/b10-9+. The molecule has 0 aliphatic rings. The molecule has 4 nitrogen and oxygen atoms in total. The Morgan fingerprint density at radius 1 is 1.32 bits per heavy atom. The van der Waals surface area contributed by atoms with E-state index in [4.69, 9.17) is 10.00 Å². The highest BCUT2D eigenvalue weighted by atomic mass is 32.1. The van der Waals surface area contributed by atoms with Gasteiger partial charge in [0.1, 0.15) is 16.7 Å². The molecule has 1 heterocycles. The van der Waals surface area contributed by atoms with Crippen LogP contribution in [0.25, 0.3) is 6.08 Å². The average Bonchev–Trinajstić information content (AvgIpc) is 3.00. The first kappa shape index (κ1) is 15.8. The lowest BCUT2D eigenvalue weighted by atomic mass is 10.3. The second-order valence-electron chi connectivity index (χ2n) is 4.51. The van der Waals surface area contributed by atoms with Crippen molar-refractivity contribution in [2.24, 2.45) is 0 Å². The minimum atomic E-state index is -0.214. The first-order valence-electron chi connectivity index (χ1n) is 6.93. The van der Waals surface area contributed by atoms with Gasteiger partial charge in [-0.2, -0.15) is 5.26 Å². The minimum Gasteiger partial charge on any atom is -0.494 e. The Labute approximate surface area is 133 Å². The highest BCUT2D eigenvalue weighted by Crippen LogP contribution is 2.18. The summed E-state index contributed by atoms with van der Waals surface area (Å²) in [6.45, 7) is 2.73. The van der Waals surface area contributed by atoms with Gasteiger partial charge in [-0.05, 0) is 48.9 Å². The van der Waals surface area contributed by atoms with E-state index in [1.54, 1.807) is 24.3 Å². The fraction of sp³-hybridized carbons (Fsp3) is 0.176. The monoisotopic (exact) mass is 312 g/mol. The molecule has 0 saturated carbocycles. The van der Waals surface area contributed by atoms with Gasteiger partial charge in [0.2, 0.25) is 5.91 Å². The van der Waals surface area contributed by atoms with E-state index in [1.807, 2.05) is 25.1 Å². The van der Waals surface area contributed by atoms with E-state index in [1.165, 1.54) is 17.4 Å². The van der Waals surface area contributed by atoms with Crippen molar-refractivity contribution in [3.63, 3.8) is 0 Å². The fourth-order valence-corrected chi connectivity index (χ4v) is 2.41. The summed E-state index contributed by atoms with van der Waals surface area (Å²) >= 11 is 1.35. The zero-order valence-electron chi connectivity index (χ0n) is 12.2. The average molecular weight is 312 g/mol. The van der Waals surface area contributed by atoms with Crippen LogP contribution in [0.3, 0.4) is 0 Å². The van der Waals surface area contributed by atoms with Gasteiger partial charge in [0, 0.05) is 16.6 Å². The maximum absolute atomic E-state index is 11.8. The van der Waals surface area contributed by atoms with Crippen LogP contribution >= 0.6 is 11.3 Å². The van der Waals surface area contributed by atoms with Gasteiger partial charge in [0.15, 0.2) is 0 Å². The normalized spacial score (nSPS) is 10.4. The van der Waals surface area contributed by atoms with Crippen molar-refractivity contribution in [2.75, 3.05) is 11.9 Å². The summed E-state index contributed by atoms with van der Waals surface area (Å²) in [5.41, 5.74) is 0.711. The number of carbonyl (C=O) groups is 1. The molecule has 1 aromatic carbocycles. The van der Waals surface area contributed by atoms with E-state index >= 15 is 0 Å². The minimum absolute atomic E-state index is 0.214. The molecule has 5 heteroatoms. The van der Waals surface area contributed by atoms with Crippen LogP contribution in [0.15, 0.2) is 42.5 Å². The van der Waals surface area contributed by atoms with Crippen LogP contribution < -0.4 is 10.1 Å². The Kier molecular flexibility index (Phi) is 5.75. The summed E-state index contributed by atoms with van der Waals surface area (Å²) < 4.78 is 5.48. The summed E-state index contributed by atoms with van der Waals surface area (Å²) in [5.74, 6) is 0.576. The second kappa shape index (κ2) is 8.01. The number of ether oxygens (including phenoxy) is 1. The number of thiophene rings is 1. The molecular weight excluding hydrogens is 296 g/mol. The van der Waals surface area contributed by atoms with Gasteiger partial charge in [-0.3, -0.25) is 4.79 Å². The maximum atomic E-state index is 11.8. The molecule has 22 heavy (non-hydrogen) atoms. The number of hydrogen-bond donors (Lipinski definition) is 1. The molecule has 1 aromatic heterocycles. The van der Waals surface area contributed by atoms with Crippen molar-refractivity contribution in [1.29, 1.82) is 5.26 Å². The zero-order valence-corrected chi connectivity index (χ0v) is 13.0. The summed E-state index contributed by atoms with van der Waals surface area (Å²) in [7, 11) is 0. The molecule has 0 aliphatic heterocycles. The Hall–Kier alpha value is -2.58. The molecule has 0 bridgehead atoms. The quantitative estimate of drug-likeness (QED) is 0.818. The molecule has 0 aliphatic carbocycles. The number of amides is 1. The van der Waals surface area contributed by atoms with Gasteiger partial charge in [0.05, 0.1) is 6.61 Å². The molecule has 0 fully saturated rings. The van der Waals surface area contributed by atoms with E-state index < -0.39 is 0 Å². The van der Waals surface area contributed by atoms with Crippen molar-refractivity contribution >= 4 is 29.0 Å². The molecule has 2 aromatic rings. The number of carbonyl (C=O) groups excluding carboxylic acids is 1. The number of nitriles is 1. The first-order valence-corrected chi connectivity index (χ1v) is 7.75. The first-order chi connectivity index (χ1) is 10.7.